The highest BCUT2D eigenvalue weighted by Crippen LogP contribution is 2.38. The van der Waals surface area contributed by atoms with Crippen molar-refractivity contribution in [3.05, 3.63) is 34.9 Å². The van der Waals surface area contributed by atoms with E-state index in [-0.39, 0.29) is 11.5 Å². The third kappa shape index (κ3) is 2.98. The molecule has 3 heterocycles. The summed E-state index contributed by atoms with van der Waals surface area (Å²) in [7, 11) is 0. The standard InChI is InChI=1S/C20H28N2O2/c1-15-8-16(2)10-17(9-15)19(23)22-13-20(14-22)11-18(12-24-20)21-6-4-3-5-7-21/h8-10,18H,3-7,11-14H2,1-2H3. The largest absolute Gasteiger partial charge is 0.370 e. The number of hydrogen-bond acceptors (Lipinski definition) is 3. The number of carbonyl (C=O) groups excluding carboxylic acids is 1. The molecule has 0 aromatic heterocycles. The van der Waals surface area contributed by atoms with Gasteiger partial charge in [0.05, 0.1) is 19.7 Å². The van der Waals surface area contributed by atoms with E-state index in [0.29, 0.717) is 6.04 Å². The van der Waals surface area contributed by atoms with Gasteiger partial charge < -0.3 is 9.64 Å². The summed E-state index contributed by atoms with van der Waals surface area (Å²) < 4.78 is 6.17. The van der Waals surface area contributed by atoms with Crippen LogP contribution >= 0.6 is 0 Å². The summed E-state index contributed by atoms with van der Waals surface area (Å²) in [6, 6.07) is 6.65. The fraction of sp³-hybridized carbons (Fsp3) is 0.650. The van der Waals surface area contributed by atoms with E-state index in [4.69, 9.17) is 4.74 Å². The second-order valence-corrected chi connectivity index (χ2v) is 7.99. The Labute approximate surface area is 144 Å². The van der Waals surface area contributed by atoms with Crippen molar-refractivity contribution in [2.45, 2.75) is 51.2 Å². The van der Waals surface area contributed by atoms with Gasteiger partial charge in [-0.2, -0.15) is 0 Å². The Bertz CT molecular complexity index is 610. The lowest BCUT2D eigenvalue weighted by Crippen LogP contribution is -2.63. The van der Waals surface area contributed by atoms with Crippen LogP contribution in [0.15, 0.2) is 18.2 Å². The predicted octanol–water partition coefficient (Wildman–Crippen LogP) is 2.77. The van der Waals surface area contributed by atoms with Gasteiger partial charge in [-0.25, -0.2) is 0 Å². The lowest BCUT2D eigenvalue weighted by atomic mass is 9.88. The van der Waals surface area contributed by atoms with Crippen molar-refractivity contribution in [1.29, 1.82) is 0 Å². The molecule has 0 saturated carbocycles. The van der Waals surface area contributed by atoms with Crippen molar-refractivity contribution in [2.75, 3.05) is 32.8 Å². The molecule has 1 aromatic carbocycles. The minimum absolute atomic E-state index is 0.0728. The molecule has 24 heavy (non-hydrogen) atoms. The molecular formula is C20H28N2O2. The lowest BCUT2D eigenvalue weighted by molar-refractivity contribution is -0.0950. The first-order valence-corrected chi connectivity index (χ1v) is 9.30. The fourth-order valence-corrected chi connectivity index (χ4v) is 4.63. The van der Waals surface area contributed by atoms with Gasteiger partial charge in [0.25, 0.3) is 5.91 Å². The number of nitrogens with zero attached hydrogens (tertiary/aromatic N) is 2. The number of likely N-dealkylation sites (tertiary alicyclic amines) is 2. The SMILES string of the molecule is Cc1cc(C)cc(C(=O)N2CC3(CC(N4CCCCC4)CO3)C2)c1. The number of piperidine rings is 1. The van der Waals surface area contributed by atoms with Crippen LogP contribution in [0, 0.1) is 13.8 Å². The van der Waals surface area contributed by atoms with E-state index in [1.807, 2.05) is 30.9 Å². The number of amides is 1. The second kappa shape index (κ2) is 6.16. The van der Waals surface area contributed by atoms with Crippen molar-refractivity contribution >= 4 is 5.91 Å². The topological polar surface area (TPSA) is 32.8 Å². The van der Waals surface area contributed by atoms with Gasteiger partial charge in [0.2, 0.25) is 0 Å². The summed E-state index contributed by atoms with van der Waals surface area (Å²) in [5, 5.41) is 0. The molecule has 4 rings (SSSR count). The third-order valence-electron chi connectivity index (χ3n) is 5.81. The summed E-state index contributed by atoms with van der Waals surface area (Å²) in [5.41, 5.74) is 3.04. The highest BCUT2D eigenvalue weighted by atomic mass is 16.5. The van der Waals surface area contributed by atoms with Crippen LogP contribution in [0.5, 0.6) is 0 Å². The van der Waals surface area contributed by atoms with E-state index in [1.54, 1.807) is 0 Å². The molecule has 4 nitrogen and oxygen atoms in total. The highest BCUT2D eigenvalue weighted by molar-refractivity contribution is 5.95. The Balaban J connectivity index is 1.36. The van der Waals surface area contributed by atoms with Crippen LogP contribution in [0.3, 0.4) is 0 Å². The van der Waals surface area contributed by atoms with Crippen molar-refractivity contribution in [3.63, 3.8) is 0 Å². The molecule has 0 radical (unpaired) electrons. The molecule has 1 atom stereocenters. The van der Waals surface area contributed by atoms with Crippen LogP contribution in [0.25, 0.3) is 0 Å². The molecular weight excluding hydrogens is 300 g/mol. The molecule has 3 aliphatic heterocycles. The molecule has 4 heteroatoms. The van der Waals surface area contributed by atoms with Crippen LogP contribution in [-0.4, -0.2) is 60.1 Å². The first-order valence-electron chi connectivity index (χ1n) is 9.30. The van der Waals surface area contributed by atoms with Gasteiger partial charge in [-0.1, -0.05) is 23.6 Å². The van der Waals surface area contributed by atoms with Gasteiger partial charge in [0.1, 0.15) is 5.60 Å². The van der Waals surface area contributed by atoms with Gasteiger partial charge in [-0.15, -0.1) is 0 Å². The molecule has 3 aliphatic rings. The van der Waals surface area contributed by atoms with Crippen LogP contribution in [0.1, 0.15) is 47.2 Å². The normalized spacial score (nSPS) is 26.6. The summed E-state index contributed by atoms with van der Waals surface area (Å²) in [5.74, 6) is 0.150. The van der Waals surface area contributed by atoms with Crippen LogP contribution in [0.4, 0.5) is 0 Å². The fourth-order valence-electron chi connectivity index (χ4n) is 4.63. The number of rotatable bonds is 2. The Kier molecular flexibility index (Phi) is 4.13. The zero-order valence-corrected chi connectivity index (χ0v) is 14.9. The van der Waals surface area contributed by atoms with Gasteiger partial charge >= 0.3 is 0 Å². The number of benzene rings is 1. The minimum Gasteiger partial charge on any atom is -0.370 e. The zero-order chi connectivity index (χ0) is 16.7. The first-order chi connectivity index (χ1) is 11.5. The molecule has 1 amide bonds. The van der Waals surface area contributed by atoms with E-state index in [2.05, 4.69) is 11.0 Å². The molecule has 3 saturated heterocycles. The van der Waals surface area contributed by atoms with Crippen LogP contribution in [-0.2, 0) is 4.74 Å². The maximum Gasteiger partial charge on any atom is 0.254 e. The Hall–Kier alpha value is -1.39. The first kappa shape index (κ1) is 16.1. The van der Waals surface area contributed by atoms with Crippen molar-refractivity contribution < 1.29 is 9.53 Å². The Morgan fingerprint density at radius 1 is 1.08 bits per heavy atom. The van der Waals surface area contributed by atoms with E-state index in [1.165, 1.54) is 32.4 Å². The highest BCUT2D eigenvalue weighted by Gasteiger charge is 2.52. The molecule has 1 spiro atoms. The Morgan fingerprint density at radius 2 is 1.75 bits per heavy atom. The average Bonchev–Trinajstić information content (AvgIpc) is 2.98. The average molecular weight is 328 g/mol. The summed E-state index contributed by atoms with van der Waals surface area (Å²) >= 11 is 0. The predicted molar refractivity (Wildman–Crippen MR) is 94.3 cm³/mol. The Morgan fingerprint density at radius 3 is 2.42 bits per heavy atom. The summed E-state index contributed by atoms with van der Waals surface area (Å²) in [6.45, 7) is 8.87. The van der Waals surface area contributed by atoms with Gasteiger partial charge in [-0.05, 0) is 58.3 Å². The molecule has 3 fully saturated rings. The zero-order valence-electron chi connectivity index (χ0n) is 14.9. The van der Waals surface area contributed by atoms with E-state index >= 15 is 0 Å². The maximum atomic E-state index is 12.7. The summed E-state index contributed by atoms with van der Waals surface area (Å²) in [4.78, 5) is 17.3. The third-order valence-corrected chi connectivity index (χ3v) is 5.81. The van der Waals surface area contributed by atoms with Gasteiger partial charge in [0, 0.05) is 11.6 Å². The molecule has 0 bridgehead atoms. The molecule has 0 aliphatic carbocycles. The molecule has 1 aromatic rings. The van der Waals surface area contributed by atoms with Gasteiger partial charge in [-0.3, -0.25) is 9.69 Å². The quantitative estimate of drug-likeness (QED) is 0.837. The lowest BCUT2D eigenvalue weighted by Gasteiger charge is -2.47. The van der Waals surface area contributed by atoms with E-state index in [0.717, 1.165) is 42.8 Å². The van der Waals surface area contributed by atoms with E-state index < -0.39 is 0 Å². The number of aryl methyl sites for hydroxylation is 2. The van der Waals surface area contributed by atoms with Crippen molar-refractivity contribution in [3.8, 4) is 0 Å². The smallest absolute Gasteiger partial charge is 0.254 e. The number of hydrogen-bond donors (Lipinski definition) is 0. The monoisotopic (exact) mass is 328 g/mol. The summed E-state index contributed by atoms with van der Waals surface area (Å²) in [6.07, 6.45) is 5.10. The molecule has 130 valence electrons. The number of ether oxygens (including phenoxy) is 1. The van der Waals surface area contributed by atoms with Gasteiger partial charge in [0.15, 0.2) is 0 Å². The van der Waals surface area contributed by atoms with E-state index in [9.17, 15) is 4.79 Å². The second-order valence-electron chi connectivity index (χ2n) is 7.99. The minimum atomic E-state index is -0.0728. The molecule has 1 unspecified atom stereocenters. The van der Waals surface area contributed by atoms with Crippen LogP contribution in [0.2, 0.25) is 0 Å². The maximum absolute atomic E-state index is 12.7. The van der Waals surface area contributed by atoms with Crippen molar-refractivity contribution in [2.24, 2.45) is 0 Å². The van der Waals surface area contributed by atoms with Crippen LogP contribution < -0.4 is 0 Å². The van der Waals surface area contributed by atoms with Crippen molar-refractivity contribution in [1.82, 2.24) is 9.80 Å². The molecule has 0 N–H and O–H groups in total. The number of carbonyl (C=O) groups is 1.